The Morgan fingerprint density at radius 2 is 1.71 bits per heavy atom. The van der Waals surface area contributed by atoms with E-state index < -0.39 is 5.97 Å². The van der Waals surface area contributed by atoms with Crippen molar-refractivity contribution >= 4 is 11.9 Å². The van der Waals surface area contributed by atoms with E-state index in [1.54, 1.807) is 4.90 Å². The molecule has 0 atom stereocenters. The molecule has 24 heavy (non-hydrogen) atoms. The molecule has 6 nitrogen and oxygen atoms in total. The number of aryl methyl sites for hydroxylation is 1. The van der Waals surface area contributed by atoms with Crippen molar-refractivity contribution in [3.05, 3.63) is 59.2 Å². The van der Waals surface area contributed by atoms with Gasteiger partial charge in [0.05, 0.1) is 12.4 Å². The minimum Gasteiger partial charge on any atom is -0.476 e. The summed E-state index contributed by atoms with van der Waals surface area (Å²) >= 11 is 0. The Morgan fingerprint density at radius 3 is 2.29 bits per heavy atom. The molecule has 1 aromatic heterocycles. The van der Waals surface area contributed by atoms with E-state index in [2.05, 4.69) is 35.1 Å². The van der Waals surface area contributed by atoms with E-state index in [4.69, 9.17) is 5.11 Å². The van der Waals surface area contributed by atoms with Gasteiger partial charge in [-0.25, -0.2) is 14.8 Å². The molecule has 0 bridgehead atoms. The van der Waals surface area contributed by atoms with Crippen LogP contribution in [0.15, 0.2) is 36.7 Å². The Labute approximate surface area is 140 Å². The van der Waals surface area contributed by atoms with Gasteiger partial charge in [-0.15, -0.1) is 0 Å². The van der Waals surface area contributed by atoms with Crippen LogP contribution in [0.4, 0.5) is 0 Å². The summed E-state index contributed by atoms with van der Waals surface area (Å²) in [6.07, 6.45) is 4.18. The standard InChI is InChI=1S/C18H19N3O3/c1-12-4-2-3-5-14(12)13-6-8-21(9-7-13)17(22)15-10-20-16(11-19-15)18(23)24/h2-5,10-11,13H,6-9H2,1H3,(H,23,24). The number of carboxylic acid groups (broad SMARTS) is 1. The molecule has 0 radical (unpaired) electrons. The van der Waals surface area contributed by atoms with Crippen molar-refractivity contribution in [3.63, 3.8) is 0 Å². The number of likely N-dealkylation sites (tertiary alicyclic amines) is 1. The number of piperidine rings is 1. The number of aromatic nitrogens is 2. The molecule has 3 rings (SSSR count). The first-order valence-electron chi connectivity index (χ1n) is 7.96. The molecule has 0 unspecified atom stereocenters. The van der Waals surface area contributed by atoms with Gasteiger partial charge in [0, 0.05) is 13.1 Å². The van der Waals surface area contributed by atoms with Crippen LogP contribution in [0.25, 0.3) is 0 Å². The van der Waals surface area contributed by atoms with E-state index in [0.717, 1.165) is 19.0 Å². The number of carbonyl (C=O) groups excluding carboxylic acids is 1. The SMILES string of the molecule is Cc1ccccc1C1CCN(C(=O)c2cnc(C(=O)O)cn2)CC1. The zero-order valence-electron chi connectivity index (χ0n) is 13.5. The van der Waals surface area contributed by atoms with E-state index in [1.807, 2.05) is 6.07 Å². The molecule has 1 aliphatic heterocycles. The minimum atomic E-state index is -1.15. The Balaban J connectivity index is 1.65. The van der Waals surface area contributed by atoms with Gasteiger partial charge < -0.3 is 10.0 Å². The summed E-state index contributed by atoms with van der Waals surface area (Å²) in [5.41, 5.74) is 2.67. The highest BCUT2D eigenvalue weighted by Crippen LogP contribution is 2.30. The van der Waals surface area contributed by atoms with E-state index in [-0.39, 0.29) is 17.3 Å². The first-order valence-corrected chi connectivity index (χ1v) is 7.96. The van der Waals surface area contributed by atoms with Crippen LogP contribution < -0.4 is 0 Å². The summed E-state index contributed by atoms with van der Waals surface area (Å²) in [6.45, 7) is 3.45. The van der Waals surface area contributed by atoms with E-state index in [0.29, 0.717) is 19.0 Å². The van der Waals surface area contributed by atoms with Gasteiger partial charge in [0.1, 0.15) is 5.69 Å². The highest BCUT2D eigenvalue weighted by molar-refractivity contribution is 5.92. The number of hydrogen-bond acceptors (Lipinski definition) is 4. The third-order valence-corrected chi connectivity index (χ3v) is 4.50. The molecule has 1 fully saturated rings. The van der Waals surface area contributed by atoms with E-state index in [9.17, 15) is 9.59 Å². The zero-order chi connectivity index (χ0) is 17.1. The maximum atomic E-state index is 12.5. The highest BCUT2D eigenvalue weighted by Gasteiger charge is 2.26. The summed E-state index contributed by atoms with van der Waals surface area (Å²) in [4.78, 5) is 32.7. The number of hydrogen-bond donors (Lipinski definition) is 1. The highest BCUT2D eigenvalue weighted by atomic mass is 16.4. The average Bonchev–Trinajstić information content (AvgIpc) is 2.62. The lowest BCUT2D eigenvalue weighted by Gasteiger charge is -2.32. The van der Waals surface area contributed by atoms with Crippen molar-refractivity contribution in [1.29, 1.82) is 0 Å². The van der Waals surface area contributed by atoms with Gasteiger partial charge in [-0.3, -0.25) is 4.79 Å². The summed E-state index contributed by atoms with van der Waals surface area (Å²) in [5.74, 6) is -0.876. The molecule has 0 saturated carbocycles. The van der Waals surface area contributed by atoms with Crippen LogP contribution in [0.1, 0.15) is 50.9 Å². The van der Waals surface area contributed by atoms with Crippen LogP contribution in [-0.4, -0.2) is 44.9 Å². The lowest BCUT2D eigenvalue weighted by atomic mass is 9.87. The van der Waals surface area contributed by atoms with Gasteiger partial charge in [0.15, 0.2) is 5.69 Å². The van der Waals surface area contributed by atoms with Crippen LogP contribution in [0, 0.1) is 6.92 Å². The molecule has 2 heterocycles. The van der Waals surface area contributed by atoms with Gasteiger partial charge in [-0.2, -0.15) is 0 Å². The van der Waals surface area contributed by atoms with Crippen molar-refractivity contribution in [2.75, 3.05) is 13.1 Å². The number of carboxylic acids is 1. The number of benzene rings is 1. The molecular weight excluding hydrogens is 306 g/mol. The maximum absolute atomic E-state index is 12.5. The largest absolute Gasteiger partial charge is 0.476 e. The van der Waals surface area contributed by atoms with Gasteiger partial charge in [-0.1, -0.05) is 24.3 Å². The quantitative estimate of drug-likeness (QED) is 0.937. The Kier molecular flexibility index (Phi) is 4.55. The third kappa shape index (κ3) is 3.27. The number of amides is 1. The fourth-order valence-corrected chi connectivity index (χ4v) is 3.15. The van der Waals surface area contributed by atoms with E-state index >= 15 is 0 Å². The molecular formula is C18H19N3O3. The summed E-state index contributed by atoms with van der Waals surface area (Å²) in [5, 5.41) is 8.82. The second-order valence-electron chi connectivity index (χ2n) is 6.02. The first-order chi connectivity index (χ1) is 11.6. The molecule has 0 aliphatic carbocycles. The normalized spacial score (nSPS) is 15.3. The average molecular weight is 325 g/mol. The van der Waals surface area contributed by atoms with Crippen molar-refractivity contribution < 1.29 is 14.7 Å². The van der Waals surface area contributed by atoms with Crippen LogP contribution in [0.3, 0.4) is 0 Å². The number of carbonyl (C=O) groups is 2. The Bertz CT molecular complexity index is 750. The van der Waals surface area contributed by atoms with Crippen molar-refractivity contribution in [3.8, 4) is 0 Å². The lowest BCUT2D eigenvalue weighted by molar-refractivity contribution is 0.0679. The van der Waals surface area contributed by atoms with Crippen LogP contribution in [0.2, 0.25) is 0 Å². The number of aromatic carboxylic acids is 1. The zero-order valence-corrected chi connectivity index (χ0v) is 13.5. The fourth-order valence-electron chi connectivity index (χ4n) is 3.15. The lowest BCUT2D eigenvalue weighted by Crippen LogP contribution is -2.38. The Morgan fingerprint density at radius 1 is 1.08 bits per heavy atom. The molecule has 1 N–H and O–H groups in total. The van der Waals surface area contributed by atoms with Crippen molar-refractivity contribution in [2.24, 2.45) is 0 Å². The Hall–Kier alpha value is -2.76. The molecule has 1 aromatic carbocycles. The number of rotatable bonds is 3. The first kappa shape index (κ1) is 16.1. The molecule has 1 saturated heterocycles. The minimum absolute atomic E-state index is 0.162. The van der Waals surface area contributed by atoms with Crippen molar-refractivity contribution in [1.82, 2.24) is 14.9 Å². The van der Waals surface area contributed by atoms with Crippen LogP contribution >= 0.6 is 0 Å². The molecule has 0 spiro atoms. The number of nitrogens with zero attached hydrogens (tertiary/aromatic N) is 3. The second kappa shape index (κ2) is 6.78. The monoisotopic (exact) mass is 325 g/mol. The molecule has 1 amide bonds. The molecule has 124 valence electrons. The van der Waals surface area contributed by atoms with Gasteiger partial charge in [0.2, 0.25) is 0 Å². The predicted molar refractivity (Wildman–Crippen MR) is 88.0 cm³/mol. The second-order valence-corrected chi connectivity index (χ2v) is 6.02. The van der Waals surface area contributed by atoms with E-state index in [1.165, 1.54) is 17.3 Å². The van der Waals surface area contributed by atoms with Crippen LogP contribution in [-0.2, 0) is 0 Å². The summed E-state index contributed by atoms with van der Waals surface area (Å²) < 4.78 is 0. The van der Waals surface area contributed by atoms with Gasteiger partial charge in [0.25, 0.3) is 5.91 Å². The van der Waals surface area contributed by atoms with Gasteiger partial charge >= 0.3 is 5.97 Å². The van der Waals surface area contributed by atoms with Gasteiger partial charge in [-0.05, 0) is 36.8 Å². The van der Waals surface area contributed by atoms with Crippen LogP contribution in [0.5, 0.6) is 0 Å². The summed E-state index contributed by atoms with van der Waals surface area (Å²) in [7, 11) is 0. The molecule has 1 aliphatic rings. The van der Waals surface area contributed by atoms with Crippen molar-refractivity contribution in [2.45, 2.75) is 25.7 Å². The smallest absolute Gasteiger partial charge is 0.356 e. The topological polar surface area (TPSA) is 83.4 Å². The predicted octanol–water partition coefficient (Wildman–Crippen LogP) is 2.50. The summed E-state index contributed by atoms with van der Waals surface area (Å²) in [6, 6.07) is 8.37. The molecule has 2 aromatic rings. The maximum Gasteiger partial charge on any atom is 0.356 e. The molecule has 6 heteroatoms. The third-order valence-electron chi connectivity index (χ3n) is 4.50. The fraction of sp³-hybridized carbons (Fsp3) is 0.333.